The van der Waals surface area contributed by atoms with Gasteiger partial charge in [-0.1, -0.05) is 21.1 Å². The van der Waals surface area contributed by atoms with Gasteiger partial charge in [-0.15, -0.1) is 0 Å². The molecule has 4 nitrogen and oxygen atoms in total. The minimum atomic E-state index is -0.696. The molecule has 6 heteroatoms. The quantitative estimate of drug-likeness (QED) is 0.385. The van der Waals surface area contributed by atoms with E-state index in [4.69, 9.17) is 15.7 Å². The Morgan fingerprint density at radius 2 is 2.33 bits per heavy atom. The second-order valence-electron chi connectivity index (χ2n) is 2.86. The van der Waals surface area contributed by atoms with Crippen LogP contribution in [0.5, 0.6) is 5.75 Å². The van der Waals surface area contributed by atoms with Gasteiger partial charge in [-0.2, -0.15) is 0 Å². The molecule has 0 bridgehead atoms. The van der Waals surface area contributed by atoms with Gasteiger partial charge >= 0.3 is 0 Å². The highest BCUT2D eigenvalue weighted by Gasteiger charge is 2.12. The standard InChI is InChI=1S/C9H10BrFN2O2/c1-5(9(12)13-14)15-8-4-6(10)2-3-7(8)11/h2-5,14H,1H3,(H2,12,13). The van der Waals surface area contributed by atoms with Crippen LogP contribution in [0.25, 0.3) is 0 Å². The Hall–Kier alpha value is -1.30. The summed E-state index contributed by atoms with van der Waals surface area (Å²) in [5.74, 6) is -0.575. The molecule has 1 aromatic rings. The summed E-state index contributed by atoms with van der Waals surface area (Å²) in [6.07, 6.45) is -0.696. The minimum absolute atomic E-state index is 0.0449. The Bertz CT molecular complexity index is 384. The molecule has 1 rings (SSSR count). The van der Waals surface area contributed by atoms with E-state index < -0.39 is 11.9 Å². The molecule has 0 saturated heterocycles. The lowest BCUT2D eigenvalue weighted by Gasteiger charge is -2.13. The Balaban J connectivity index is 2.85. The summed E-state index contributed by atoms with van der Waals surface area (Å²) < 4.78 is 19.1. The molecule has 0 amide bonds. The summed E-state index contributed by atoms with van der Waals surface area (Å²) in [4.78, 5) is 0. The number of hydrogen-bond donors (Lipinski definition) is 2. The zero-order valence-electron chi connectivity index (χ0n) is 7.95. The Morgan fingerprint density at radius 3 is 2.93 bits per heavy atom. The molecule has 1 aromatic carbocycles. The van der Waals surface area contributed by atoms with Gasteiger partial charge in [-0.05, 0) is 25.1 Å². The van der Waals surface area contributed by atoms with Crippen molar-refractivity contribution in [2.24, 2.45) is 10.9 Å². The van der Waals surface area contributed by atoms with Gasteiger partial charge < -0.3 is 15.7 Å². The number of benzene rings is 1. The van der Waals surface area contributed by atoms with E-state index in [2.05, 4.69) is 21.1 Å². The van der Waals surface area contributed by atoms with E-state index in [0.717, 1.165) is 0 Å². The van der Waals surface area contributed by atoms with Crippen LogP contribution in [-0.2, 0) is 0 Å². The van der Waals surface area contributed by atoms with Crippen LogP contribution < -0.4 is 10.5 Å². The first-order valence-electron chi connectivity index (χ1n) is 4.13. The molecular formula is C9H10BrFN2O2. The Morgan fingerprint density at radius 1 is 1.67 bits per heavy atom. The van der Waals surface area contributed by atoms with Crippen LogP contribution in [0.3, 0.4) is 0 Å². The molecule has 1 unspecified atom stereocenters. The summed E-state index contributed by atoms with van der Waals surface area (Å²) in [6.45, 7) is 1.55. The second-order valence-corrected chi connectivity index (χ2v) is 3.78. The average Bonchev–Trinajstić information content (AvgIpc) is 2.22. The molecule has 0 aliphatic carbocycles. The van der Waals surface area contributed by atoms with Gasteiger partial charge in [0.2, 0.25) is 0 Å². The lowest BCUT2D eigenvalue weighted by Crippen LogP contribution is -2.31. The molecule has 0 aliphatic heterocycles. The van der Waals surface area contributed by atoms with Crippen molar-refractivity contribution < 1.29 is 14.3 Å². The van der Waals surface area contributed by atoms with E-state index in [1.165, 1.54) is 12.1 Å². The van der Waals surface area contributed by atoms with Gasteiger partial charge in [-0.25, -0.2) is 4.39 Å². The van der Waals surface area contributed by atoms with Crippen molar-refractivity contribution >= 4 is 21.8 Å². The highest BCUT2D eigenvalue weighted by molar-refractivity contribution is 9.10. The van der Waals surface area contributed by atoms with Crippen molar-refractivity contribution in [3.63, 3.8) is 0 Å². The van der Waals surface area contributed by atoms with Crippen molar-refractivity contribution in [2.75, 3.05) is 0 Å². The van der Waals surface area contributed by atoms with Crippen LogP contribution in [0, 0.1) is 5.82 Å². The molecule has 3 N–H and O–H groups in total. The van der Waals surface area contributed by atoms with E-state index >= 15 is 0 Å². The SMILES string of the molecule is CC(Oc1cc(Br)ccc1F)/C(N)=N/O. The molecule has 0 saturated carbocycles. The number of nitrogens with two attached hydrogens (primary N) is 1. The first-order chi connectivity index (χ1) is 7.04. The van der Waals surface area contributed by atoms with Crippen molar-refractivity contribution in [1.82, 2.24) is 0 Å². The Kier molecular flexibility index (Phi) is 3.90. The largest absolute Gasteiger partial charge is 0.480 e. The zero-order chi connectivity index (χ0) is 11.4. The minimum Gasteiger partial charge on any atom is -0.480 e. The highest BCUT2D eigenvalue weighted by Crippen LogP contribution is 2.23. The monoisotopic (exact) mass is 276 g/mol. The maximum absolute atomic E-state index is 13.2. The summed E-state index contributed by atoms with van der Waals surface area (Å²) in [7, 11) is 0. The van der Waals surface area contributed by atoms with E-state index in [0.29, 0.717) is 4.47 Å². The summed E-state index contributed by atoms with van der Waals surface area (Å²) in [6, 6.07) is 4.28. The predicted octanol–water partition coefficient (Wildman–Crippen LogP) is 2.10. The van der Waals surface area contributed by atoms with Crippen molar-refractivity contribution in [3.05, 3.63) is 28.5 Å². The summed E-state index contributed by atoms with van der Waals surface area (Å²) >= 11 is 3.18. The maximum Gasteiger partial charge on any atom is 0.180 e. The van der Waals surface area contributed by atoms with Crippen LogP contribution in [0.15, 0.2) is 27.8 Å². The molecule has 1 atom stereocenters. The van der Waals surface area contributed by atoms with Crippen LogP contribution in [-0.4, -0.2) is 17.1 Å². The highest BCUT2D eigenvalue weighted by atomic mass is 79.9. The third-order valence-corrected chi connectivity index (χ3v) is 2.22. The molecule has 82 valence electrons. The van der Waals surface area contributed by atoms with Gasteiger partial charge in [0, 0.05) is 4.47 Å². The lowest BCUT2D eigenvalue weighted by atomic mass is 10.3. The van der Waals surface area contributed by atoms with Crippen LogP contribution in [0.1, 0.15) is 6.92 Å². The molecule has 15 heavy (non-hydrogen) atoms. The normalized spacial score (nSPS) is 13.7. The van der Waals surface area contributed by atoms with Gasteiger partial charge in [0.05, 0.1) is 0 Å². The maximum atomic E-state index is 13.2. The van der Waals surface area contributed by atoms with Crippen molar-refractivity contribution in [2.45, 2.75) is 13.0 Å². The van der Waals surface area contributed by atoms with Gasteiger partial charge in [0.15, 0.2) is 23.5 Å². The first kappa shape index (κ1) is 11.8. The van der Waals surface area contributed by atoms with Crippen LogP contribution in [0.2, 0.25) is 0 Å². The van der Waals surface area contributed by atoms with Crippen molar-refractivity contribution in [3.8, 4) is 5.75 Å². The summed E-state index contributed by atoms with van der Waals surface area (Å²) in [5, 5.41) is 11.2. The fraction of sp³-hybridized carbons (Fsp3) is 0.222. The lowest BCUT2D eigenvalue weighted by molar-refractivity contribution is 0.256. The van der Waals surface area contributed by atoms with E-state index in [1.807, 2.05) is 0 Å². The number of amidine groups is 1. The predicted molar refractivity (Wildman–Crippen MR) is 57.6 cm³/mol. The molecule has 0 fully saturated rings. The van der Waals surface area contributed by atoms with Crippen LogP contribution in [0.4, 0.5) is 4.39 Å². The average molecular weight is 277 g/mol. The van der Waals surface area contributed by atoms with E-state index in [9.17, 15) is 4.39 Å². The number of ether oxygens (including phenoxy) is 1. The topological polar surface area (TPSA) is 67.8 Å². The van der Waals surface area contributed by atoms with Crippen LogP contribution >= 0.6 is 15.9 Å². The smallest absolute Gasteiger partial charge is 0.180 e. The molecule has 0 aliphatic rings. The molecule has 0 spiro atoms. The zero-order valence-corrected chi connectivity index (χ0v) is 9.53. The molecule has 0 radical (unpaired) electrons. The number of oxime groups is 1. The van der Waals surface area contributed by atoms with E-state index in [1.54, 1.807) is 13.0 Å². The first-order valence-corrected chi connectivity index (χ1v) is 4.93. The number of rotatable bonds is 3. The third-order valence-electron chi connectivity index (χ3n) is 1.73. The van der Waals surface area contributed by atoms with Gasteiger partial charge in [0.1, 0.15) is 0 Å². The van der Waals surface area contributed by atoms with Gasteiger partial charge in [-0.3, -0.25) is 0 Å². The third kappa shape index (κ3) is 3.09. The molecular weight excluding hydrogens is 267 g/mol. The molecule has 0 aromatic heterocycles. The molecule has 0 heterocycles. The van der Waals surface area contributed by atoms with E-state index in [-0.39, 0.29) is 11.6 Å². The fourth-order valence-electron chi connectivity index (χ4n) is 0.900. The Labute approximate surface area is 94.7 Å². The second kappa shape index (κ2) is 4.97. The fourth-order valence-corrected chi connectivity index (χ4v) is 1.24. The van der Waals surface area contributed by atoms with Crippen molar-refractivity contribution in [1.29, 1.82) is 0 Å². The number of hydrogen-bond acceptors (Lipinski definition) is 3. The number of halogens is 2. The summed E-state index contributed by atoms with van der Waals surface area (Å²) in [5.41, 5.74) is 5.29. The number of nitrogens with zero attached hydrogens (tertiary/aromatic N) is 1. The van der Waals surface area contributed by atoms with Gasteiger partial charge in [0.25, 0.3) is 0 Å².